The van der Waals surface area contributed by atoms with Crippen molar-refractivity contribution >= 4 is 27.4 Å². The Kier molecular flexibility index (Phi) is 7.19. The highest BCUT2D eigenvalue weighted by atomic mass is 32.2. The normalized spacial score (nSPS) is 19.6. The molecule has 1 unspecified atom stereocenters. The van der Waals surface area contributed by atoms with Crippen LogP contribution in [-0.2, 0) is 19.3 Å². The minimum Gasteiger partial charge on any atom is -0.395 e. The number of nitrogens with one attached hydrogen (secondary N) is 2. The third-order valence-corrected chi connectivity index (χ3v) is 10.2. The number of amides is 2. The summed E-state index contributed by atoms with van der Waals surface area (Å²) in [5.41, 5.74) is 1.83. The number of carbonyl (C=O) groups is 1. The number of carbonyl (C=O) groups excluding carboxylic acids is 1. The highest BCUT2D eigenvalue weighted by Crippen LogP contribution is 2.56. The summed E-state index contributed by atoms with van der Waals surface area (Å²) in [7, 11) is -3.53. The first kappa shape index (κ1) is 25.6. The second-order valence-corrected chi connectivity index (χ2v) is 12.2. The van der Waals surface area contributed by atoms with Crippen LogP contribution in [0.15, 0.2) is 43.0 Å². The molecular weight excluding hydrogens is 494 g/mol. The predicted molar refractivity (Wildman–Crippen MR) is 141 cm³/mol. The maximum absolute atomic E-state index is 13.9. The number of hydrogen-bond donors (Lipinski definition) is 3. The molecule has 2 heterocycles. The van der Waals surface area contributed by atoms with Gasteiger partial charge in [-0.05, 0) is 55.9 Å². The molecule has 37 heavy (non-hydrogen) atoms. The summed E-state index contributed by atoms with van der Waals surface area (Å²) in [6.07, 6.45) is 4.51. The van der Waals surface area contributed by atoms with E-state index in [0.29, 0.717) is 67.7 Å². The van der Waals surface area contributed by atoms with E-state index < -0.39 is 25.9 Å². The zero-order valence-electron chi connectivity index (χ0n) is 20.7. The summed E-state index contributed by atoms with van der Waals surface area (Å²) < 4.78 is 32.2. The molecule has 198 valence electrons. The molecule has 10 nitrogen and oxygen atoms in total. The van der Waals surface area contributed by atoms with E-state index in [4.69, 9.17) is 19.8 Å². The average Bonchev–Trinajstić information content (AvgIpc) is 3.83. The fraction of sp³-hybridized carbons (Fsp3) is 0.500. The molecular formula is C26H33N5O5S. The standard InChI is InChI=1S/C26H33N5O5S/c1-2-21(18-3-4-18)37(34,35)26(9-10-26)22-17-23(31-12-15-36-16-13-31)30-24(29-22)19-5-7-20(8-6-19)28-25(33)27-11-14-32/h2,5-8,17-18,21,32H,1,3-4,9-16H2,(H2,27,28,33). The van der Waals surface area contributed by atoms with Gasteiger partial charge in [0.15, 0.2) is 15.7 Å². The molecule has 2 amide bonds. The first-order valence-corrected chi connectivity index (χ1v) is 14.3. The molecule has 0 radical (unpaired) electrons. The first-order valence-electron chi connectivity index (χ1n) is 12.7. The molecule has 1 aromatic carbocycles. The Morgan fingerprint density at radius 3 is 2.51 bits per heavy atom. The molecule has 1 aliphatic heterocycles. The lowest BCUT2D eigenvalue weighted by molar-refractivity contribution is 0.122. The summed E-state index contributed by atoms with van der Waals surface area (Å²) in [5.74, 6) is 1.28. The number of hydrogen-bond acceptors (Lipinski definition) is 8. The molecule has 3 aliphatic rings. The molecule has 3 fully saturated rings. The highest BCUT2D eigenvalue weighted by molar-refractivity contribution is 7.93. The van der Waals surface area contributed by atoms with Crippen LogP contribution in [0.25, 0.3) is 11.4 Å². The lowest BCUT2D eigenvalue weighted by atomic mass is 10.1. The van der Waals surface area contributed by atoms with E-state index >= 15 is 0 Å². The van der Waals surface area contributed by atoms with Crippen molar-refractivity contribution in [3.63, 3.8) is 0 Å². The molecule has 11 heteroatoms. The average molecular weight is 528 g/mol. The number of sulfone groups is 1. The number of benzene rings is 1. The summed E-state index contributed by atoms with van der Waals surface area (Å²) in [6.45, 7) is 6.35. The van der Waals surface area contributed by atoms with Crippen molar-refractivity contribution in [1.82, 2.24) is 15.3 Å². The van der Waals surface area contributed by atoms with Crippen molar-refractivity contribution in [3.8, 4) is 11.4 Å². The van der Waals surface area contributed by atoms with Crippen molar-refractivity contribution < 1.29 is 23.1 Å². The van der Waals surface area contributed by atoms with E-state index in [0.717, 1.165) is 12.8 Å². The maximum Gasteiger partial charge on any atom is 0.319 e. The van der Waals surface area contributed by atoms with E-state index in [1.165, 1.54) is 0 Å². The Labute approximate surface area is 217 Å². The Balaban J connectivity index is 1.49. The third-order valence-electron chi connectivity index (χ3n) is 7.24. The van der Waals surface area contributed by atoms with Crippen LogP contribution in [0.3, 0.4) is 0 Å². The molecule has 2 aromatic rings. The zero-order valence-corrected chi connectivity index (χ0v) is 21.5. The molecule has 2 aliphatic carbocycles. The predicted octanol–water partition coefficient (Wildman–Crippen LogP) is 2.46. The van der Waals surface area contributed by atoms with Crippen LogP contribution < -0.4 is 15.5 Å². The van der Waals surface area contributed by atoms with Gasteiger partial charge in [-0.15, -0.1) is 6.58 Å². The number of morpholine rings is 1. The van der Waals surface area contributed by atoms with Gasteiger partial charge in [-0.1, -0.05) is 6.08 Å². The summed E-state index contributed by atoms with van der Waals surface area (Å²) in [4.78, 5) is 23.6. The fourth-order valence-electron chi connectivity index (χ4n) is 4.86. The number of aliphatic hydroxyl groups excluding tert-OH is 1. The fourth-order valence-corrected chi connectivity index (χ4v) is 7.48. The van der Waals surface area contributed by atoms with Crippen molar-refractivity contribution in [2.75, 3.05) is 49.7 Å². The highest BCUT2D eigenvalue weighted by Gasteiger charge is 2.61. The lowest BCUT2D eigenvalue weighted by Crippen LogP contribution is -2.37. The first-order chi connectivity index (χ1) is 17.9. The second kappa shape index (κ2) is 10.4. The van der Waals surface area contributed by atoms with Gasteiger partial charge >= 0.3 is 6.03 Å². The number of aromatic nitrogens is 2. The smallest absolute Gasteiger partial charge is 0.319 e. The quantitative estimate of drug-likeness (QED) is 0.401. The number of anilines is 2. The van der Waals surface area contributed by atoms with Gasteiger partial charge in [-0.25, -0.2) is 23.2 Å². The van der Waals surface area contributed by atoms with Gasteiger partial charge in [0.2, 0.25) is 0 Å². The van der Waals surface area contributed by atoms with Gasteiger partial charge in [-0.3, -0.25) is 0 Å². The van der Waals surface area contributed by atoms with Crippen molar-refractivity contribution in [1.29, 1.82) is 0 Å². The van der Waals surface area contributed by atoms with Gasteiger partial charge in [0.25, 0.3) is 0 Å². The Morgan fingerprint density at radius 1 is 1.22 bits per heavy atom. The van der Waals surface area contributed by atoms with Gasteiger partial charge in [0.1, 0.15) is 10.6 Å². The largest absolute Gasteiger partial charge is 0.395 e. The molecule has 3 N–H and O–H groups in total. The SMILES string of the molecule is C=CC(C1CC1)S(=O)(=O)C1(c2cc(N3CCOCC3)nc(-c3ccc(NC(=O)NCCO)cc3)n2)CC1. The van der Waals surface area contributed by atoms with Crippen LogP contribution in [-0.4, -0.2) is 74.2 Å². The van der Waals surface area contributed by atoms with Crippen LogP contribution >= 0.6 is 0 Å². The third kappa shape index (κ3) is 5.21. The molecule has 2 saturated carbocycles. The molecule has 1 aromatic heterocycles. The van der Waals surface area contributed by atoms with Crippen LogP contribution in [0.4, 0.5) is 16.3 Å². The topological polar surface area (TPSA) is 134 Å². The van der Waals surface area contributed by atoms with E-state index in [-0.39, 0.29) is 19.1 Å². The number of nitrogens with zero attached hydrogens (tertiary/aromatic N) is 3. The summed E-state index contributed by atoms with van der Waals surface area (Å²) in [6, 6.07) is 8.51. The minimum absolute atomic E-state index is 0.142. The number of rotatable bonds is 10. The van der Waals surface area contributed by atoms with Crippen molar-refractivity contribution in [3.05, 3.63) is 48.7 Å². The van der Waals surface area contributed by atoms with E-state index in [2.05, 4.69) is 22.1 Å². The maximum atomic E-state index is 13.9. The molecule has 0 spiro atoms. The molecule has 1 atom stereocenters. The van der Waals surface area contributed by atoms with E-state index in [9.17, 15) is 13.2 Å². The van der Waals surface area contributed by atoms with Crippen LogP contribution in [0.5, 0.6) is 0 Å². The Morgan fingerprint density at radius 2 is 1.92 bits per heavy atom. The van der Waals surface area contributed by atoms with Crippen LogP contribution in [0, 0.1) is 5.92 Å². The molecule has 0 bridgehead atoms. The van der Waals surface area contributed by atoms with Crippen molar-refractivity contribution in [2.45, 2.75) is 35.7 Å². The minimum atomic E-state index is -3.53. The molecule has 5 rings (SSSR count). The zero-order chi connectivity index (χ0) is 26.0. The van der Waals surface area contributed by atoms with Crippen LogP contribution in [0.1, 0.15) is 31.4 Å². The monoisotopic (exact) mass is 527 g/mol. The Bertz CT molecular complexity index is 1250. The van der Waals surface area contributed by atoms with Crippen LogP contribution in [0.2, 0.25) is 0 Å². The van der Waals surface area contributed by atoms with Gasteiger partial charge in [0, 0.05) is 37.0 Å². The summed E-state index contributed by atoms with van der Waals surface area (Å²) in [5, 5.41) is 13.6. The van der Waals surface area contributed by atoms with Gasteiger partial charge in [0.05, 0.1) is 30.8 Å². The lowest BCUT2D eigenvalue weighted by Gasteiger charge is -2.29. The van der Waals surface area contributed by atoms with E-state index in [1.54, 1.807) is 30.3 Å². The Hall–Kier alpha value is -3.02. The molecule has 1 saturated heterocycles. The van der Waals surface area contributed by atoms with Crippen molar-refractivity contribution in [2.24, 2.45) is 5.92 Å². The number of urea groups is 1. The van der Waals surface area contributed by atoms with Gasteiger partial charge < -0.3 is 25.4 Å². The number of ether oxygens (including phenoxy) is 1. The van der Waals surface area contributed by atoms with E-state index in [1.807, 2.05) is 6.07 Å². The number of aliphatic hydroxyl groups is 1. The second-order valence-electron chi connectivity index (χ2n) is 9.79. The van der Waals surface area contributed by atoms with Gasteiger partial charge in [-0.2, -0.15) is 0 Å². The summed E-state index contributed by atoms with van der Waals surface area (Å²) >= 11 is 0.